The number of sulfone groups is 1. The van der Waals surface area contributed by atoms with E-state index in [1.165, 1.54) is 6.26 Å². The van der Waals surface area contributed by atoms with Gasteiger partial charge in [-0.05, 0) is 30.5 Å². The van der Waals surface area contributed by atoms with Crippen LogP contribution < -0.4 is 10.6 Å². The molecule has 0 radical (unpaired) electrons. The molecular formula is C14H21ClN2O3S. The van der Waals surface area contributed by atoms with Crippen LogP contribution in [-0.4, -0.2) is 33.2 Å². The second kappa shape index (κ2) is 7.77. The lowest BCUT2D eigenvalue weighted by atomic mass is 10.1. The Balaban J connectivity index is 0.00000220. The molecule has 1 aromatic carbocycles. The van der Waals surface area contributed by atoms with E-state index in [4.69, 9.17) is 0 Å². The third-order valence-corrected chi connectivity index (χ3v) is 4.12. The van der Waals surface area contributed by atoms with Crippen LogP contribution >= 0.6 is 12.4 Å². The zero-order valence-electron chi connectivity index (χ0n) is 12.0. The van der Waals surface area contributed by atoms with E-state index in [9.17, 15) is 13.2 Å². The maximum absolute atomic E-state index is 11.9. The van der Waals surface area contributed by atoms with Crippen LogP contribution in [0.15, 0.2) is 24.3 Å². The topological polar surface area (TPSA) is 75.3 Å². The summed E-state index contributed by atoms with van der Waals surface area (Å²) in [7, 11) is -3.04. The predicted molar refractivity (Wildman–Crippen MR) is 85.1 cm³/mol. The Bertz CT molecular complexity index is 584. The molecule has 1 aliphatic heterocycles. The van der Waals surface area contributed by atoms with Crippen LogP contribution in [0, 0.1) is 0 Å². The molecule has 1 aromatic rings. The monoisotopic (exact) mass is 332 g/mol. The minimum absolute atomic E-state index is 0. The first-order chi connectivity index (χ1) is 9.44. The molecule has 2 rings (SSSR count). The van der Waals surface area contributed by atoms with Gasteiger partial charge in [-0.3, -0.25) is 4.79 Å². The average molecular weight is 333 g/mol. The zero-order valence-corrected chi connectivity index (χ0v) is 13.6. The average Bonchev–Trinajstić information content (AvgIpc) is 2.88. The van der Waals surface area contributed by atoms with Gasteiger partial charge in [-0.1, -0.05) is 24.3 Å². The first-order valence-corrected chi connectivity index (χ1v) is 8.77. The SMILES string of the molecule is CS(=O)(=O)Cc1cccc(CNC(=O)C2CCCN2)c1.Cl. The quantitative estimate of drug-likeness (QED) is 0.844. The molecule has 0 spiro atoms. The van der Waals surface area contributed by atoms with E-state index in [1.807, 2.05) is 18.2 Å². The number of benzene rings is 1. The number of amides is 1. The zero-order chi connectivity index (χ0) is 14.6. The molecule has 1 heterocycles. The molecular weight excluding hydrogens is 312 g/mol. The molecule has 0 bridgehead atoms. The molecule has 1 unspecified atom stereocenters. The van der Waals surface area contributed by atoms with Crippen molar-refractivity contribution in [2.75, 3.05) is 12.8 Å². The van der Waals surface area contributed by atoms with Crippen LogP contribution in [-0.2, 0) is 26.9 Å². The number of carbonyl (C=O) groups is 1. The van der Waals surface area contributed by atoms with E-state index < -0.39 is 9.84 Å². The number of rotatable bonds is 5. The van der Waals surface area contributed by atoms with Gasteiger partial charge in [-0.2, -0.15) is 0 Å². The Kier molecular flexibility index (Phi) is 6.64. The Labute approximate surface area is 131 Å². The maximum atomic E-state index is 11.9. The molecule has 1 atom stereocenters. The second-order valence-electron chi connectivity index (χ2n) is 5.26. The smallest absolute Gasteiger partial charge is 0.237 e. The number of hydrogen-bond donors (Lipinski definition) is 2. The van der Waals surface area contributed by atoms with Crippen LogP contribution in [0.2, 0.25) is 0 Å². The van der Waals surface area contributed by atoms with Crippen molar-refractivity contribution in [2.24, 2.45) is 0 Å². The Morgan fingerprint density at radius 3 is 2.71 bits per heavy atom. The fourth-order valence-electron chi connectivity index (χ4n) is 2.35. The highest BCUT2D eigenvalue weighted by Crippen LogP contribution is 2.09. The lowest BCUT2D eigenvalue weighted by Gasteiger charge is -2.11. The van der Waals surface area contributed by atoms with E-state index in [0.29, 0.717) is 6.54 Å². The van der Waals surface area contributed by atoms with Crippen molar-refractivity contribution < 1.29 is 13.2 Å². The van der Waals surface area contributed by atoms with Gasteiger partial charge in [0.15, 0.2) is 9.84 Å². The third-order valence-electron chi connectivity index (χ3n) is 3.26. The molecule has 2 N–H and O–H groups in total. The predicted octanol–water partition coefficient (Wildman–Crippen LogP) is 1.02. The van der Waals surface area contributed by atoms with Crippen molar-refractivity contribution in [3.63, 3.8) is 0 Å². The molecule has 0 aliphatic carbocycles. The molecule has 21 heavy (non-hydrogen) atoms. The van der Waals surface area contributed by atoms with Gasteiger partial charge < -0.3 is 10.6 Å². The molecule has 7 heteroatoms. The van der Waals surface area contributed by atoms with Gasteiger partial charge in [0.1, 0.15) is 0 Å². The highest BCUT2D eigenvalue weighted by atomic mass is 35.5. The molecule has 0 saturated carbocycles. The summed E-state index contributed by atoms with van der Waals surface area (Å²) in [4.78, 5) is 11.9. The number of nitrogens with one attached hydrogen (secondary N) is 2. The normalized spacial score (nSPS) is 18.0. The van der Waals surface area contributed by atoms with Gasteiger partial charge in [-0.15, -0.1) is 12.4 Å². The molecule has 5 nitrogen and oxygen atoms in total. The number of halogens is 1. The Hall–Kier alpha value is -1.11. The molecule has 1 amide bonds. The van der Waals surface area contributed by atoms with Crippen molar-refractivity contribution in [2.45, 2.75) is 31.2 Å². The van der Waals surface area contributed by atoms with Gasteiger partial charge in [0.2, 0.25) is 5.91 Å². The fourth-order valence-corrected chi connectivity index (χ4v) is 3.14. The lowest BCUT2D eigenvalue weighted by Crippen LogP contribution is -2.40. The second-order valence-corrected chi connectivity index (χ2v) is 7.40. The van der Waals surface area contributed by atoms with Crippen LogP contribution in [0.25, 0.3) is 0 Å². The summed E-state index contributed by atoms with van der Waals surface area (Å²) in [6.07, 6.45) is 3.12. The minimum Gasteiger partial charge on any atom is -0.351 e. The van der Waals surface area contributed by atoms with Gasteiger partial charge in [0, 0.05) is 12.8 Å². The van der Waals surface area contributed by atoms with Crippen molar-refractivity contribution in [3.05, 3.63) is 35.4 Å². The largest absolute Gasteiger partial charge is 0.351 e. The first-order valence-electron chi connectivity index (χ1n) is 6.71. The maximum Gasteiger partial charge on any atom is 0.237 e. The van der Waals surface area contributed by atoms with Crippen LogP contribution in [0.1, 0.15) is 24.0 Å². The van der Waals surface area contributed by atoms with E-state index in [2.05, 4.69) is 10.6 Å². The van der Waals surface area contributed by atoms with Crippen molar-refractivity contribution in [3.8, 4) is 0 Å². The summed E-state index contributed by atoms with van der Waals surface area (Å²) in [6, 6.07) is 7.22. The minimum atomic E-state index is -3.04. The molecule has 118 valence electrons. The van der Waals surface area contributed by atoms with Crippen molar-refractivity contribution in [1.29, 1.82) is 0 Å². The molecule has 1 fully saturated rings. The van der Waals surface area contributed by atoms with Crippen LogP contribution in [0.4, 0.5) is 0 Å². The van der Waals surface area contributed by atoms with Gasteiger partial charge in [-0.25, -0.2) is 8.42 Å². The highest BCUT2D eigenvalue weighted by Gasteiger charge is 2.21. The fraction of sp³-hybridized carbons (Fsp3) is 0.500. The van der Waals surface area contributed by atoms with Crippen LogP contribution in [0.3, 0.4) is 0 Å². The van der Waals surface area contributed by atoms with Crippen LogP contribution in [0.5, 0.6) is 0 Å². The summed E-state index contributed by atoms with van der Waals surface area (Å²) in [5, 5.41) is 6.02. The van der Waals surface area contributed by atoms with Crippen molar-refractivity contribution >= 4 is 28.2 Å². The third kappa shape index (κ3) is 6.03. The summed E-state index contributed by atoms with van der Waals surface area (Å²) in [5.41, 5.74) is 1.66. The molecule has 0 aromatic heterocycles. The lowest BCUT2D eigenvalue weighted by molar-refractivity contribution is -0.122. The van der Waals surface area contributed by atoms with E-state index in [1.54, 1.807) is 6.07 Å². The van der Waals surface area contributed by atoms with Gasteiger partial charge >= 0.3 is 0 Å². The number of carbonyl (C=O) groups excluding carboxylic acids is 1. The standard InChI is InChI=1S/C14H20N2O3S.ClH/c1-20(18,19)10-12-5-2-4-11(8-12)9-16-14(17)13-6-3-7-15-13;/h2,4-5,8,13,15H,3,6-7,9-10H2,1H3,(H,16,17);1H. The van der Waals surface area contributed by atoms with E-state index in [-0.39, 0.29) is 30.1 Å². The summed E-state index contributed by atoms with van der Waals surface area (Å²) >= 11 is 0. The molecule has 1 saturated heterocycles. The number of hydrogen-bond acceptors (Lipinski definition) is 4. The molecule has 1 aliphatic rings. The van der Waals surface area contributed by atoms with Gasteiger partial charge in [0.05, 0.1) is 11.8 Å². The first kappa shape index (κ1) is 17.9. The Morgan fingerprint density at radius 2 is 2.10 bits per heavy atom. The summed E-state index contributed by atoms with van der Waals surface area (Å²) in [5.74, 6) is 0.0370. The van der Waals surface area contributed by atoms with Crippen molar-refractivity contribution in [1.82, 2.24) is 10.6 Å². The summed E-state index contributed by atoms with van der Waals surface area (Å²) < 4.78 is 22.5. The Morgan fingerprint density at radius 1 is 1.38 bits per heavy atom. The highest BCUT2D eigenvalue weighted by molar-refractivity contribution is 7.89. The van der Waals surface area contributed by atoms with E-state index >= 15 is 0 Å². The van der Waals surface area contributed by atoms with Gasteiger partial charge in [0.25, 0.3) is 0 Å². The van der Waals surface area contributed by atoms with E-state index in [0.717, 1.165) is 30.5 Å². The summed E-state index contributed by atoms with van der Waals surface area (Å²) in [6.45, 7) is 1.32.